The summed E-state index contributed by atoms with van der Waals surface area (Å²) in [6, 6.07) is 0.838. The second-order valence-corrected chi connectivity index (χ2v) is 10.5. The summed E-state index contributed by atoms with van der Waals surface area (Å²) < 4.78 is 17.8. The molecule has 0 bridgehead atoms. The molecule has 2 rings (SSSR count). The zero-order chi connectivity index (χ0) is 20.4. The van der Waals surface area contributed by atoms with Gasteiger partial charge in [0.1, 0.15) is 0 Å². The molecule has 1 heterocycles. The number of nitrogens with zero attached hydrogens (tertiary/aromatic N) is 2. The Morgan fingerprint density at radius 1 is 1.25 bits per heavy atom. The van der Waals surface area contributed by atoms with Crippen LogP contribution in [0.25, 0.3) is 0 Å². The maximum Gasteiger partial charge on any atom is 0.191 e. The minimum atomic E-state index is -0.693. The van der Waals surface area contributed by atoms with Crippen molar-refractivity contribution >= 4 is 16.8 Å². The zero-order valence-electron chi connectivity index (χ0n) is 18.4. The molecule has 2 fully saturated rings. The molecule has 4 atom stereocenters. The molecular formula is C21H42N4O2S. The highest BCUT2D eigenvalue weighted by atomic mass is 32.2. The number of guanidine groups is 1. The van der Waals surface area contributed by atoms with Crippen LogP contribution in [0.4, 0.5) is 0 Å². The molecular weight excluding hydrogens is 372 g/mol. The number of rotatable bonds is 9. The second kappa shape index (κ2) is 12.8. The van der Waals surface area contributed by atoms with Crippen molar-refractivity contribution in [1.82, 2.24) is 15.5 Å². The average molecular weight is 415 g/mol. The van der Waals surface area contributed by atoms with Crippen molar-refractivity contribution in [2.45, 2.75) is 77.1 Å². The molecule has 0 radical (unpaired) electrons. The van der Waals surface area contributed by atoms with E-state index in [9.17, 15) is 4.21 Å². The molecule has 0 aromatic rings. The minimum Gasteiger partial charge on any atom is -0.379 e. The van der Waals surface area contributed by atoms with Gasteiger partial charge in [0.2, 0.25) is 0 Å². The first-order chi connectivity index (χ1) is 13.5. The van der Waals surface area contributed by atoms with Crippen molar-refractivity contribution < 1.29 is 8.95 Å². The third-order valence-electron chi connectivity index (χ3n) is 5.73. The van der Waals surface area contributed by atoms with Crippen LogP contribution in [-0.2, 0) is 15.5 Å². The van der Waals surface area contributed by atoms with Crippen molar-refractivity contribution in [3.05, 3.63) is 0 Å². The van der Waals surface area contributed by atoms with E-state index in [0.29, 0.717) is 23.3 Å². The van der Waals surface area contributed by atoms with Crippen molar-refractivity contribution in [3.63, 3.8) is 0 Å². The van der Waals surface area contributed by atoms with Gasteiger partial charge in [0.15, 0.2) is 5.96 Å². The van der Waals surface area contributed by atoms with E-state index in [4.69, 9.17) is 9.73 Å². The molecule has 7 heteroatoms. The van der Waals surface area contributed by atoms with Gasteiger partial charge in [-0.05, 0) is 38.5 Å². The van der Waals surface area contributed by atoms with E-state index >= 15 is 0 Å². The highest BCUT2D eigenvalue weighted by molar-refractivity contribution is 7.85. The molecule has 1 aliphatic heterocycles. The Balaban J connectivity index is 1.97. The summed E-state index contributed by atoms with van der Waals surface area (Å²) in [6.45, 7) is 14.0. The number of ether oxygens (including phenoxy) is 1. The van der Waals surface area contributed by atoms with Crippen molar-refractivity contribution in [3.8, 4) is 0 Å². The van der Waals surface area contributed by atoms with Gasteiger partial charge >= 0.3 is 0 Å². The van der Waals surface area contributed by atoms with Crippen LogP contribution in [0.2, 0.25) is 0 Å². The highest BCUT2D eigenvalue weighted by Gasteiger charge is 2.26. The molecule has 1 aliphatic carbocycles. The minimum absolute atomic E-state index is 0.334. The van der Waals surface area contributed by atoms with Crippen molar-refractivity contribution in [2.24, 2.45) is 10.9 Å². The van der Waals surface area contributed by atoms with Crippen molar-refractivity contribution in [2.75, 3.05) is 45.1 Å². The topological polar surface area (TPSA) is 66.0 Å². The van der Waals surface area contributed by atoms with E-state index in [0.717, 1.165) is 83.2 Å². The number of morpholine rings is 1. The van der Waals surface area contributed by atoms with Gasteiger partial charge in [-0.15, -0.1) is 0 Å². The molecule has 0 aromatic heterocycles. The smallest absolute Gasteiger partial charge is 0.191 e. The Bertz CT molecular complexity index is 495. The van der Waals surface area contributed by atoms with Gasteiger partial charge in [0.25, 0.3) is 0 Å². The monoisotopic (exact) mass is 414 g/mol. The van der Waals surface area contributed by atoms with E-state index in [-0.39, 0.29) is 0 Å². The summed E-state index contributed by atoms with van der Waals surface area (Å²) >= 11 is 0. The predicted molar refractivity (Wildman–Crippen MR) is 119 cm³/mol. The molecule has 2 aliphatic rings. The molecule has 28 heavy (non-hydrogen) atoms. The van der Waals surface area contributed by atoms with Gasteiger partial charge in [-0.1, -0.05) is 27.2 Å². The van der Waals surface area contributed by atoms with Crippen LogP contribution in [0.1, 0.15) is 59.8 Å². The lowest BCUT2D eigenvalue weighted by molar-refractivity contribution is 0.0143. The van der Waals surface area contributed by atoms with E-state index in [1.807, 2.05) is 6.92 Å². The zero-order valence-corrected chi connectivity index (χ0v) is 19.2. The fourth-order valence-electron chi connectivity index (χ4n) is 4.29. The molecule has 0 aromatic carbocycles. The van der Waals surface area contributed by atoms with Gasteiger partial charge in [-0.25, -0.2) is 0 Å². The Kier molecular flexibility index (Phi) is 10.8. The summed E-state index contributed by atoms with van der Waals surface area (Å²) in [5.41, 5.74) is 0. The van der Waals surface area contributed by atoms with Crippen LogP contribution in [0.15, 0.2) is 4.99 Å². The maximum absolute atomic E-state index is 12.2. The molecule has 4 unspecified atom stereocenters. The largest absolute Gasteiger partial charge is 0.379 e. The van der Waals surface area contributed by atoms with Gasteiger partial charge in [-0.2, -0.15) is 0 Å². The quantitative estimate of drug-likeness (QED) is 0.448. The Labute approximate surface area is 174 Å². The molecule has 164 valence electrons. The van der Waals surface area contributed by atoms with Crippen LogP contribution < -0.4 is 10.6 Å². The van der Waals surface area contributed by atoms with Gasteiger partial charge in [0, 0.05) is 53.5 Å². The molecule has 1 saturated carbocycles. The highest BCUT2D eigenvalue weighted by Crippen LogP contribution is 2.23. The molecule has 0 amide bonds. The maximum atomic E-state index is 12.2. The first-order valence-electron chi connectivity index (χ1n) is 11.3. The molecule has 6 nitrogen and oxygen atoms in total. The van der Waals surface area contributed by atoms with Gasteiger partial charge < -0.3 is 15.4 Å². The fourth-order valence-corrected chi connectivity index (χ4v) is 5.63. The third kappa shape index (κ3) is 7.99. The lowest BCUT2D eigenvalue weighted by Crippen LogP contribution is -2.48. The molecule has 2 N–H and O–H groups in total. The van der Waals surface area contributed by atoms with Gasteiger partial charge in [0.05, 0.1) is 19.8 Å². The average Bonchev–Trinajstić information content (AvgIpc) is 2.71. The summed E-state index contributed by atoms with van der Waals surface area (Å²) in [5.74, 6) is 2.33. The van der Waals surface area contributed by atoms with Gasteiger partial charge in [-0.3, -0.25) is 14.1 Å². The SMILES string of the molecule is CCNC(=NCC(CC(C)C)N1CCOCC1)NC1CCCC(S(=O)CC)C1. The Morgan fingerprint density at radius 2 is 2.00 bits per heavy atom. The Hall–Kier alpha value is -0.660. The second-order valence-electron chi connectivity index (χ2n) is 8.45. The van der Waals surface area contributed by atoms with Crippen LogP contribution in [0.3, 0.4) is 0 Å². The normalized spacial score (nSPS) is 26.8. The fraction of sp³-hybridized carbons (Fsp3) is 0.952. The van der Waals surface area contributed by atoms with E-state index in [2.05, 4.69) is 36.3 Å². The predicted octanol–water partition coefficient (Wildman–Crippen LogP) is 2.37. The van der Waals surface area contributed by atoms with E-state index in [1.54, 1.807) is 0 Å². The first-order valence-corrected chi connectivity index (χ1v) is 12.6. The van der Waals surface area contributed by atoms with E-state index < -0.39 is 10.8 Å². The first kappa shape index (κ1) is 23.6. The summed E-state index contributed by atoms with van der Waals surface area (Å²) in [7, 11) is -0.693. The third-order valence-corrected chi connectivity index (χ3v) is 7.47. The van der Waals surface area contributed by atoms with Crippen LogP contribution in [-0.4, -0.2) is 77.5 Å². The van der Waals surface area contributed by atoms with Crippen LogP contribution in [0.5, 0.6) is 0 Å². The number of nitrogens with one attached hydrogen (secondary N) is 2. The Morgan fingerprint density at radius 3 is 2.64 bits per heavy atom. The van der Waals surface area contributed by atoms with Crippen LogP contribution >= 0.6 is 0 Å². The standard InChI is InChI=1S/C21H42N4O2S/c1-5-22-21(24-18-8-7-9-20(15-18)28(26)6-2)23-16-19(14-17(3)4)25-10-12-27-13-11-25/h17-20H,5-16H2,1-4H3,(H2,22,23,24). The number of hydrogen-bond acceptors (Lipinski definition) is 4. The van der Waals surface area contributed by atoms with E-state index in [1.165, 1.54) is 0 Å². The van der Waals surface area contributed by atoms with Crippen molar-refractivity contribution in [1.29, 1.82) is 0 Å². The number of aliphatic imine (C=N–C) groups is 1. The lowest BCUT2D eigenvalue weighted by Gasteiger charge is -2.35. The summed E-state index contributed by atoms with van der Waals surface area (Å²) in [4.78, 5) is 7.50. The lowest BCUT2D eigenvalue weighted by atomic mass is 9.95. The summed E-state index contributed by atoms with van der Waals surface area (Å²) in [5, 5.41) is 7.39. The summed E-state index contributed by atoms with van der Waals surface area (Å²) in [6.07, 6.45) is 5.53. The van der Waals surface area contributed by atoms with Crippen LogP contribution in [0, 0.1) is 5.92 Å². The molecule has 0 spiro atoms. The number of hydrogen-bond donors (Lipinski definition) is 2. The molecule has 1 saturated heterocycles.